The Kier molecular flexibility index (Phi) is 6.44. The molecule has 1 fully saturated rings. The van der Waals surface area contributed by atoms with Crippen LogP contribution in [0.25, 0.3) is 0 Å². The summed E-state index contributed by atoms with van der Waals surface area (Å²) >= 11 is 0. The highest BCUT2D eigenvalue weighted by Crippen LogP contribution is 2.37. The van der Waals surface area contributed by atoms with Gasteiger partial charge in [0.05, 0.1) is 11.5 Å². The van der Waals surface area contributed by atoms with Gasteiger partial charge in [0.15, 0.2) is 0 Å². The van der Waals surface area contributed by atoms with Crippen molar-refractivity contribution in [2.24, 2.45) is 5.92 Å². The molecule has 1 aromatic carbocycles. The average molecular weight is 348 g/mol. The number of hydrogen-bond acceptors (Lipinski definition) is 4. The van der Waals surface area contributed by atoms with Crippen LogP contribution in [-0.2, 0) is 5.41 Å². The van der Waals surface area contributed by atoms with Gasteiger partial charge < -0.3 is 10.0 Å². The minimum absolute atomic E-state index is 0.0398. The number of hydrogen-bond donors (Lipinski definition) is 1. The summed E-state index contributed by atoms with van der Waals surface area (Å²) in [6.45, 7) is 8.91. The van der Waals surface area contributed by atoms with Crippen LogP contribution in [0.2, 0.25) is 0 Å². The standard InChI is InChI=1S/C20H32N2O3/c1-15(2)13-21(17-8-6-5-7-9-17)18-11-10-16(20(3,4)14-23)12-19(18)22(24)25/h10-12,15,17,23H,5-9,13-14H2,1-4H3. The van der Waals surface area contributed by atoms with E-state index in [-0.39, 0.29) is 17.2 Å². The Morgan fingerprint density at radius 3 is 2.44 bits per heavy atom. The van der Waals surface area contributed by atoms with Crippen molar-refractivity contribution in [2.45, 2.75) is 71.3 Å². The Balaban J connectivity index is 2.46. The van der Waals surface area contributed by atoms with Gasteiger partial charge in [-0.2, -0.15) is 0 Å². The third kappa shape index (κ3) is 4.72. The van der Waals surface area contributed by atoms with Crippen molar-refractivity contribution < 1.29 is 10.0 Å². The third-order valence-electron chi connectivity index (χ3n) is 5.24. The van der Waals surface area contributed by atoms with Gasteiger partial charge in [-0.05, 0) is 30.4 Å². The summed E-state index contributed by atoms with van der Waals surface area (Å²) in [6.07, 6.45) is 5.87. The number of nitro groups is 1. The third-order valence-corrected chi connectivity index (χ3v) is 5.24. The van der Waals surface area contributed by atoms with Crippen LogP contribution < -0.4 is 4.90 Å². The molecular weight excluding hydrogens is 316 g/mol. The Morgan fingerprint density at radius 1 is 1.28 bits per heavy atom. The van der Waals surface area contributed by atoms with Crippen molar-refractivity contribution in [1.29, 1.82) is 0 Å². The van der Waals surface area contributed by atoms with Gasteiger partial charge in [0.25, 0.3) is 5.69 Å². The molecule has 5 heteroatoms. The van der Waals surface area contributed by atoms with E-state index in [9.17, 15) is 15.2 Å². The van der Waals surface area contributed by atoms with Gasteiger partial charge >= 0.3 is 0 Å². The van der Waals surface area contributed by atoms with E-state index < -0.39 is 5.41 Å². The van der Waals surface area contributed by atoms with Crippen molar-refractivity contribution in [3.8, 4) is 0 Å². The molecule has 5 nitrogen and oxygen atoms in total. The first-order valence-electron chi connectivity index (χ1n) is 9.42. The van der Waals surface area contributed by atoms with E-state index >= 15 is 0 Å². The van der Waals surface area contributed by atoms with E-state index in [0.29, 0.717) is 12.0 Å². The zero-order valence-corrected chi connectivity index (χ0v) is 16.0. The quantitative estimate of drug-likeness (QED) is 0.575. The molecule has 0 heterocycles. The summed E-state index contributed by atoms with van der Waals surface area (Å²) < 4.78 is 0. The second-order valence-corrected chi connectivity index (χ2v) is 8.34. The lowest BCUT2D eigenvalue weighted by molar-refractivity contribution is -0.384. The maximum atomic E-state index is 11.8. The Bertz CT molecular complexity index is 593. The molecule has 2 rings (SSSR count). The molecule has 1 aliphatic carbocycles. The molecule has 0 atom stereocenters. The number of anilines is 1. The molecule has 0 radical (unpaired) electrons. The highest BCUT2D eigenvalue weighted by atomic mass is 16.6. The summed E-state index contributed by atoms with van der Waals surface area (Å²) in [7, 11) is 0. The van der Waals surface area contributed by atoms with Crippen LogP contribution >= 0.6 is 0 Å². The minimum Gasteiger partial charge on any atom is -0.395 e. The SMILES string of the molecule is CC(C)CN(c1ccc(C(C)(C)CO)cc1[N+](=O)[O-])C1CCCCC1. The highest BCUT2D eigenvalue weighted by molar-refractivity contribution is 5.65. The minimum atomic E-state index is -0.489. The van der Waals surface area contributed by atoms with Crippen LogP contribution in [0.1, 0.15) is 65.4 Å². The lowest BCUT2D eigenvalue weighted by Crippen LogP contribution is -2.39. The van der Waals surface area contributed by atoms with E-state index in [0.717, 1.165) is 30.6 Å². The molecule has 0 aromatic heterocycles. The molecule has 1 aromatic rings. The summed E-state index contributed by atoms with van der Waals surface area (Å²) in [5, 5.41) is 21.4. The number of nitrogens with zero attached hydrogens (tertiary/aromatic N) is 2. The number of nitro benzene ring substituents is 1. The first-order valence-corrected chi connectivity index (χ1v) is 9.42. The maximum absolute atomic E-state index is 11.8. The van der Waals surface area contributed by atoms with E-state index in [4.69, 9.17) is 0 Å². The van der Waals surface area contributed by atoms with Crippen LogP contribution in [0.3, 0.4) is 0 Å². The zero-order chi connectivity index (χ0) is 18.6. The fraction of sp³-hybridized carbons (Fsp3) is 0.700. The molecule has 1 N–H and O–H groups in total. The summed E-state index contributed by atoms with van der Waals surface area (Å²) in [5.74, 6) is 0.440. The molecule has 25 heavy (non-hydrogen) atoms. The van der Waals surface area contributed by atoms with E-state index in [1.807, 2.05) is 26.0 Å². The van der Waals surface area contributed by atoms with Crippen molar-refractivity contribution in [3.05, 3.63) is 33.9 Å². The molecule has 0 spiro atoms. The van der Waals surface area contributed by atoms with Gasteiger partial charge in [0.2, 0.25) is 0 Å². The normalized spacial score (nSPS) is 16.2. The van der Waals surface area contributed by atoms with E-state index in [1.165, 1.54) is 19.3 Å². The fourth-order valence-electron chi connectivity index (χ4n) is 3.66. The first-order chi connectivity index (χ1) is 11.8. The van der Waals surface area contributed by atoms with Gasteiger partial charge in [-0.1, -0.05) is 53.0 Å². The Hall–Kier alpha value is -1.62. The second kappa shape index (κ2) is 8.17. The fourth-order valence-corrected chi connectivity index (χ4v) is 3.66. The Morgan fingerprint density at radius 2 is 1.92 bits per heavy atom. The lowest BCUT2D eigenvalue weighted by atomic mass is 9.85. The summed E-state index contributed by atoms with van der Waals surface area (Å²) in [4.78, 5) is 13.8. The number of aliphatic hydroxyl groups excluding tert-OH is 1. The van der Waals surface area contributed by atoms with E-state index in [2.05, 4.69) is 18.7 Å². The molecule has 0 aliphatic heterocycles. The molecule has 0 unspecified atom stereocenters. The van der Waals surface area contributed by atoms with Crippen molar-refractivity contribution >= 4 is 11.4 Å². The van der Waals surface area contributed by atoms with Crippen molar-refractivity contribution in [2.75, 3.05) is 18.1 Å². The van der Waals surface area contributed by atoms with Gasteiger partial charge in [0.1, 0.15) is 5.69 Å². The van der Waals surface area contributed by atoms with Gasteiger partial charge in [0, 0.05) is 24.1 Å². The molecular formula is C20H32N2O3. The Labute approximate surface area is 151 Å². The van der Waals surface area contributed by atoms with E-state index in [1.54, 1.807) is 6.07 Å². The second-order valence-electron chi connectivity index (χ2n) is 8.34. The molecule has 0 saturated heterocycles. The smallest absolute Gasteiger partial charge is 0.292 e. The number of aliphatic hydroxyl groups is 1. The van der Waals surface area contributed by atoms with Crippen LogP contribution in [-0.4, -0.2) is 29.2 Å². The molecule has 0 amide bonds. The van der Waals surface area contributed by atoms with Gasteiger partial charge in [-0.15, -0.1) is 0 Å². The maximum Gasteiger partial charge on any atom is 0.292 e. The van der Waals surface area contributed by atoms with Gasteiger partial charge in [-0.25, -0.2) is 0 Å². The number of rotatable bonds is 7. The van der Waals surface area contributed by atoms with Crippen molar-refractivity contribution in [3.63, 3.8) is 0 Å². The predicted molar refractivity (Wildman–Crippen MR) is 102 cm³/mol. The van der Waals surface area contributed by atoms with Gasteiger partial charge in [-0.3, -0.25) is 10.1 Å². The topological polar surface area (TPSA) is 66.6 Å². The largest absolute Gasteiger partial charge is 0.395 e. The summed E-state index contributed by atoms with van der Waals surface area (Å²) in [5.41, 5.74) is 1.20. The predicted octanol–water partition coefficient (Wildman–Crippen LogP) is 4.66. The highest BCUT2D eigenvalue weighted by Gasteiger charge is 2.30. The monoisotopic (exact) mass is 348 g/mol. The molecule has 140 valence electrons. The van der Waals surface area contributed by atoms with Crippen LogP contribution in [0.4, 0.5) is 11.4 Å². The first kappa shape index (κ1) is 19.7. The number of benzene rings is 1. The van der Waals surface area contributed by atoms with Crippen molar-refractivity contribution in [1.82, 2.24) is 0 Å². The van der Waals surface area contributed by atoms with Crippen LogP contribution in [0.5, 0.6) is 0 Å². The molecule has 0 bridgehead atoms. The molecule has 1 aliphatic rings. The zero-order valence-electron chi connectivity index (χ0n) is 16.0. The average Bonchev–Trinajstić information content (AvgIpc) is 2.59. The summed E-state index contributed by atoms with van der Waals surface area (Å²) in [6, 6.07) is 5.87. The van der Waals surface area contributed by atoms with Crippen LogP contribution in [0, 0.1) is 16.0 Å². The molecule has 1 saturated carbocycles. The lowest BCUT2D eigenvalue weighted by Gasteiger charge is -2.37. The van der Waals surface area contributed by atoms with Crippen LogP contribution in [0.15, 0.2) is 18.2 Å².